The van der Waals surface area contributed by atoms with E-state index in [1.165, 1.54) is 0 Å². The van der Waals surface area contributed by atoms with Crippen molar-refractivity contribution in [2.24, 2.45) is 0 Å². The second-order valence-electron chi connectivity index (χ2n) is 3.45. The maximum absolute atomic E-state index is 8.57. The quantitative estimate of drug-likeness (QED) is 0.708. The van der Waals surface area contributed by atoms with E-state index >= 15 is 0 Å². The fourth-order valence-electron chi connectivity index (χ4n) is 1.42. The van der Waals surface area contributed by atoms with Gasteiger partial charge in [-0.25, -0.2) is 0 Å². The molecule has 0 unspecified atom stereocenters. The van der Waals surface area contributed by atoms with Crippen molar-refractivity contribution in [3.8, 4) is 11.5 Å². The first-order valence-electron chi connectivity index (χ1n) is 5.57. The van der Waals surface area contributed by atoms with Gasteiger partial charge in [0.1, 0.15) is 11.5 Å². The second-order valence-corrected chi connectivity index (χ2v) is 3.86. The van der Waals surface area contributed by atoms with Crippen molar-refractivity contribution in [3.05, 3.63) is 17.2 Å². The van der Waals surface area contributed by atoms with E-state index in [4.69, 9.17) is 30.9 Å². The van der Waals surface area contributed by atoms with Crippen LogP contribution in [-0.4, -0.2) is 45.7 Å². The zero-order valence-electron chi connectivity index (χ0n) is 10.5. The van der Waals surface area contributed by atoms with E-state index in [1.54, 1.807) is 26.4 Å². The maximum atomic E-state index is 8.57. The van der Waals surface area contributed by atoms with Crippen LogP contribution in [0.1, 0.15) is 0 Å². The molecule has 102 valence electrons. The summed E-state index contributed by atoms with van der Waals surface area (Å²) in [5, 5.41) is 12.2. The number of hydrogen-bond donors (Lipinski definition) is 2. The summed E-state index contributed by atoms with van der Waals surface area (Å²) < 4.78 is 15.5. The minimum Gasteiger partial charge on any atom is -0.495 e. The highest BCUT2D eigenvalue weighted by Gasteiger charge is 2.09. The van der Waals surface area contributed by atoms with Gasteiger partial charge in [0.2, 0.25) is 0 Å². The highest BCUT2D eigenvalue weighted by atomic mass is 35.5. The summed E-state index contributed by atoms with van der Waals surface area (Å²) >= 11 is 6.00. The van der Waals surface area contributed by atoms with Gasteiger partial charge in [-0.1, -0.05) is 11.6 Å². The van der Waals surface area contributed by atoms with Crippen LogP contribution in [0.25, 0.3) is 0 Å². The Morgan fingerprint density at radius 1 is 1.17 bits per heavy atom. The first-order valence-corrected chi connectivity index (χ1v) is 5.94. The Bertz CT molecular complexity index is 373. The van der Waals surface area contributed by atoms with Gasteiger partial charge < -0.3 is 24.6 Å². The fourth-order valence-corrected chi connectivity index (χ4v) is 1.65. The van der Waals surface area contributed by atoms with Crippen LogP contribution in [0.2, 0.25) is 5.02 Å². The van der Waals surface area contributed by atoms with Crippen LogP contribution < -0.4 is 14.8 Å². The lowest BCUT2D eigenvalue weighted by molar-refractivity contribution is 0.0992. The molecule has 0 aliphatic heterocycles. The number of benzene rings is 1. The van der Waals surface area contributed by atoms with Gasteiger partial charge in [-0.15, -0.1) is 0 Å². The molecule has 0 aliphatic carbocycles. The molecule has 0 aromatic heterocycles. The van der Waals surface area contributed by atoms with E-state index in [-0.39, 0.29) is 6.61 Å². The smallest absolute Gasteiger partial charge is 0.143 e. The number of anilines is 1. The van der Waals surface area contributed by atoms with Crippen LogP contribution >= 0.6 is 11.6 Å². The molecule has 0 fully saturated rings. The molecule has 0 spiro atoms. The number of hydrogen-bond acceptors (Lipinski definition) is 5. The van der Waals surface area contributed by atoms with Gasteiger partial charge in [0, 0.05) is 18.7 Å². The third kappa shape index (κ3) is 4.25. The maximum Gasteiger partial charge on any atom is 0.143 e. The largest absolute Gasteiger partial charge is 0.495 e. The monoisotopic (exact) mass is 275 g/mol. The van der Waals surface area contributed by atoms with Gasteiger partial charge in [-0.2, -0.15) is 0 Å². The molecule has 0 heterocycles. The Kier molecular flexibility index (Phi) is 6.64. The lowest BCUT2D eigenvalue weighted by Crippen LogP contribution is -2.12. The molecule has 6 heteroatoms. The van der Waals surface area contributed by atoms with Crippen LogP contribution in [0.4, 0.5) is 5.69 Å². The van der Waals surface area contributed by atoms with Gasteiger partial charge in [0.05, 0.1) is 44.8 Å². The minimum absolute atomic E-state index is 0.0259. The molecule has 1 aromatic rings. The van der Waals surface area contributed by atoms with E-state index in [1.807, 2.05) is 0 Å². The van der Waals surface area contributed by atoms with Crippen molar-refractivity contribution in [1.29, 1.82) is 0 Å². The Morgan fingerprint density at radius 3 is 2.50 bits per heavy atom. The minimum atomic E-state index is 0.0259. The summed E-state index contributed by atoms with van der Waals surface area (Å²) in [5.74, 6) is 1.22. The number of ether oxygens (including phenoxy) is 3. The lowest BCUT2D eigenvalue weighted by Gasteiger charge is -2.13. The summed E-state index contributed by atoms with van der Waals surface area (Å²) in [4.78, 5) is 0. The van der Waals surface area contributed by atoms with Gasteiger partial charge >= 0.3 is 0 Å². The number of halogens is 1. The summed E-state index contributed by atoms with van der Waals surface area (Å²) in [7, 11) is 3.13. The van der Waals surface area contributed by atoms with Gasteiger partial charge in [-0.05, 0) is 0 Å². The van der Waals surface area contributed by atoms with E-state index in [0.29, 0.717) is 36.3 Å². The lowest BCUT2D eigenvalue weighted by atomic mass is 10.2. The first kappa shape index (κ1) is 14.9. The predicted octanol–water partition coefficient (Wildman–Crippen LogP) is 1.78. The average Bonchev–Trinajstić information content (AvgIpc) is 2.39. The molecule has 0 saturated heterocycles. The molecular weight excluding hydrogens is 258 g/mol. The third-order valence-electron chi connectivity index (χ3n) is 2.27. The molecule has 1 aromatic carbocycles. The molecule has 0 bridgehead atoms. The standard InChI is InChI=1S/C12H18ClNO4/c1-16-11-8-10(12(17-2)7-9(11)13)14-3-5-18-6-4-15/h7-8,14-15H,3-6H2,1-2H3. The second kappa shape index (κ2) is 8.02. The third-order valence-corrected chi connectivity index (χ3v) is 2.57. The van der Waals surface area contributed by atoms with Crippen molar-refractivity contribution in [2.45, 2.75) is 0 Å². The number of aliphatic hydroxyl groups excluding tert-OH is 1. The zero-order chi connectivity index (χ0) is 13.4. The molecule has 0 radical (unpaired) electrons. The highest BCUT2D eigenvalue weighted by Crippen LogP contribution is 2.35. The van der Waals surface area contributed by atoms with E-state index < -0.39 is 0 Å². The summed E-state index contributed by atoms with van der Waals surface area (Å²) in [6.07, 6.45) is 0. The molecule has 0 saturated carbocycles. The van der Waals surface area contributed by atoms with Crippen molar-refractivity contribution in [1.82, 2.24) is 0 Å². The average molecular weight is 276 g/mol. The Morgan fingerprint density at radius 2 is 1.89 bits per heavy atom. The SMILES string of the molecule is COc1cc(NCCOCCO)c(OC)cc1Cl. The Balaban J connectivity index is 2.62. The normalized spacial score (nSPS) is 10.2. The number of aliphatic hydroxyl groups is 1. The van der Waals surface area contributed by atoms with Crippen molar-refractivity contribution in [3.63, 3.8) is 0 Å². The zero-order valence-corrected chi connectivity index (χ0v) is 11.3. The summed E-state index contributed by atoms with van der Waals surface area (Å²) in [5.41, 5.74) is 0.784. The molecule has 0 aliphatic rings. The first-order chi connectivity index (χ1) is 8.72. The van der Waals surface area contributed by atoms with Crippen molar-refractivity contribution in [2.75, 3.05) is 45.9 Å². The van der Waals surface area contributed by atoms with E-state index in [0.717, 1.165) is 5.69 Å². The Labute approximate surface area is 112 Å². The molecule has 18 heavy (non-hydrogen) atoms. The molecule has 5 nitrogen and oxygen atoms in total. The summed E-state index contributed by atoms with van der Waals surface area (Å²) in [6, 6.07) is 3.46. The van der Waals surface area contributed by atoms with Crippen LogP contribution in [0, 0.1) is 0 Å². The molecule has 1 rings (SSSR count). The molecular formula is C12H18ClNO4. The topological polar surface area (TPSA) is 60.0 Å². The summed E-state index contributed by atoms with van der Waals surface area (Å²) in [6.45, 7) is 1.46. The number of rotatable bonds is 8. The van der Waals surface area contributed by atoms with Crippen LogP contribution in [0.5, 0.6) is 11.5 Å². The van der Waals surface area contributed by atoms with Crippen molar-refractivity contribution >= 4 is 17.3 Å². The predicted molar refractivity (Wildman–Crippen MR) is 71.0 cm³/mol. The molecule has 0 amide bonds. The number of methoxy groups -OCH3 is 2. The van der Waals surface area contributed by atoms with Crippen LogP contribution in [-0.2, 0) is 4.74 Å². The van der Waals surface area contributed by atoms with Gasteiger partial charge in [0.25, 0.3) is 0 Å². The van der Waals surface area contributed by atoms with Gasteiger partial charge in [0.15, 0.2) is 0 Å². The molecule has 0 atom stereocenters. The van der Waals surface area contributed by atoms with Crippen molar-refractivity contribution < 1.29 is 19.3 Å². The fraction of sp³-hybridized carbons (Fsp3) is 0.500. The van der Waals surface area contributed by atoms with Crippen LogP contribution in [0.15, 0.2) is 12.1 Å². The van der Waals surface area contributed by atoms with Crippen LogP contribution in [0.3, 0.4) is 0 Å². The van der Waals surface area contributed by atoms with E-state index in [2.05, 4.69) is 5.32 Å². The Hall–Kier alpha value is -1.17. The van der Waals surface area contributed by atoms with E-state index in [9.17, 15) is 0 Å². The number of nitrogens with one attached hydrogen (secondary N) is 1. The molecule has 2 N–H and O–H groups in total. The highest BCUT2D eigenvalue weighted by molar-refractivity contribution is 6.32. The van der Waals surface area contributed by atoms with Gasteiger partial charge in [-0.3, -0.25) is 0 Å².